The lowest BCUT2D eigenvalue weighted by Crippen LogP contribution is -2.36. The number of esters is 1. The van der Waals surface area contributed by atoms with Crippen molar-refractivity contribution in [1.29, 1.82) is 0 Å². The number of nitrogens with one attached hydrogen (secondary N) is 3. The summed E-state index contributed by atoms with van der Waals surface area (Å²) in [4.78, 5) is 84.6. The second-order valence-corrected chi connectivity index (χ2v) is 12.5. The average molecular weight is 752 g/mol. The number of rotatable bonds is 26. The maximum Gasteiger partial charge on any atom is 0.306 e. The highest BCUT2D eigenvalue weighted by molar-refractivity contribution is 6.03. The van der Waals surface area contributed by atoms with Crippen LogP contribution in [0.1, 0.15) is 77.9 Å². The van der Waals surface area contributed by atoms with Crippen LogP contribution < -0.4 is 25.4 Å². The predicted octanol–water partition coefficient (Wildman–Crippen LogP) is 1.97. The molecule has 0 bridgehead atoms. The average Bonchev–Trinajstić information content (AvgIpc) is 3.41. The number of methoxy groups -OCH3 is 1. The molecule has 0 radical (unpaired) electrons. The van der Waals surface area contributed by atoms with E-state index in [1.807, 2.05) is 13.8 Å². The van der Waals surface area contributed by atoms with Gasteiger partial charge in [0.1, 0.15) is 6.10 Å². The second-order valence-electron chi connectivity index (χ2n) is 12.5. The number of hydrogen-bond acceptors (Lipinski definition) is 13. The molecule has 1 aromatic rings. The molecule has 2 unspecified atom stereocenters. The smallest absolute Gasteiger partial charge is 0.306 e. The first-order valence-electron chi connectivity index (χ1n) is 17.8. The van der Waals surface area contributed by atoms with E-state index in [2.05, 4.69) is 16.0 Å². The number of nitro groups is 1. The lowest BCUT2D eigenvalue weighted by atomic mass is 9.94. The molecule has 1 saturated heterocycles. The number of nitro benzene ring substituents is 1. The molecule has 2 rings (SSSR count). The van der Waals surface area contributed by atoms with E-state index in [0.717, 1.165) is 4.90 Å². The van der Waals surface area contributed by atoms with Gasteiger partial charge < -0.3 is 39.6 Å². The zero-order valence-electron chi connectivity index (χ0n) is 31.2. The molecule has 2 atom stereocenters. The van der Waals surface area contributed by atoms with E-state index >= 15 is 0 Å². The van der Waals surface area contributed by atoms with Gasteiger partial charge in [-0.25, -0.2) is 0 Å². The minimum absolute atomic E-state index is 0.0299. The van der Waals surface area contributed by atoms with Crippen molar-refractivity contribution in [3.63, 3.8) is 0 Å². The molecule has 1 aliphatic heterocycles. The van der Waals surface area contributed by atoms with Crippen LogP contribution in [-0.4, -0.2) is 112 Å². The summed E-state index contributed by atoms with van der Waals surface area (Å²) >= 11 is 0. The second kappa shape index (κ2) is 23.7. The van der Waals surface area contributed by atoms with Gasteiger partial charge in [0.15, 0.2) is 11.5 Å². The molecule has 0 aliphatic carbocycles. The van der Waals surface area contributed by atoms with E-state index in [-0.39, 0.29) is 155 Å². The molecule has 1 heterocycles. The van der Waals surface area contributed by atoms with Gasteiger partial charge in [-0.1, -0.05) is 20.8 Å². The highest BCUT2D eigenvalue weighted by atomic mass is 16.6. The Labute approximate surface area is 309 Å². The fraction of sp³-hybridized carbons (Fsp3) is 0.657. The van der Waals surface area contributed by atoms with Crippen molar-refractivity contribution in [2.24, 2.45) is 11.8 Å². The number of carbonyl (C=O) groups is 6. The SMILES string of the molecule is CCC(=O)OC(C)c1cc(OC)c(OCCCC(=O)NCCNC(=O)CCOCCOCCNC(=O)CCN2C(=O)CC(C(C)C)C2=O)cc1[N+](=O)[O-]. The summed E-state index contributed by atoms with van der Waals surface area (Å²) in [5.74, 6) is -1.67. The fourth-order valence-corrected chi connectivity index (χ4v) is 5.18. The normalized spacial score (nSPS) is 14.5. The van der Waals surface area contributed by atoms with Crippen molar-refractivity contribution >= 4 is 41.2 Å². The Morgan fingerprint density at radius 3 is 2.09 bits per heavy atom. The molecule has 53 heavy (non-hydrogen) atoms. The molecule has 3 N–H and O–H groups in total. The number of amides is 5. The Balaban J connectivity index is 1.50. The number of benzene rings is 1. The highest BCUT2D eigenvalue weighted by Crippen LogP contribution is 2.38. The number of carbonyl (C=O) groups excluding carboxylic acids is 6. The van der Waals surface area contributed by atoms with Crippen molar-refractivity contribution in [3.8, 4) is 11.5 Å². The van der Waals surface area contributed by atoms with Crippen LogP contribution in [0.15, 0.2) is 12.1 Å². The highest BCUT2D eigenvalue weighted by Gasteiger charge is 2.39. The third kappa shape index (κ3) is 15.7. The van der Waals surface area contributed by atoms with Crippen LogP contribution in [0.25, 0.3) is 0 Å². The van der Waals surface area contributed by atoms with Gasteiger partial charge in [-0.15, -0.1) is 0 Å². The Morgan fingerprint density at radius 1 is 0.868 bits per heavy atom. The topological polar surface area (TPSA) is 231 Å². The summed E-state index contributed by atoms with van der Waals surface area (Å²) in [7, 11) is 1.38. The summed E-state index contributed by atoms with van der Waals surface area (Å²) in [5.41, 5.74) is -0.132. The zero-order valence-corrected chi connectivity index (χ0v) is 31.2. The summed E-state index contributed by atoms with van der Waals surface area (Å²) in [6.07, 6.45) is 0.0103. The molecule has 296 valence electrons. The van der Waals surface area contributed by atoms with Gasteiger partial charge in [-0.05, 0) is 25.3 Å². The van der Waals surface area contributed by atoms with Gasteiger partial charge in [0.25, 0.3) is 5.69 Å². The van der Waals surface area contributed by atoms with E-state index in [9.17, 15) is 38.9 Å². The molecular formula is C35H53N5O13. The van der Waals surface area contributed by atoms with E-state index in [1.54, 1.807) is 6.92 Å². The van der Waals surface area contributed by atoms with Crippen LogP contribution in [0.2, 0.25) is 0 Å². The number of hydrogen-bond donors (Lipinski definition) is 3. The van der Waals surface area contributed by atoms with Crippen LogP contribution in [0.4, 0.5) is 5.69 Å². The van der Waals surface area contributed by atoms with Gasteiger partial charge in [0, 0.05) is 64.2 Å². The fourth-order valence-electron chi connectivity index (χ4n) is 5.18. The molecule has 18 heteroatoms. The molecule has 5 amide bonds. The van der Waals surface area contributed by atoms with E-state index < -0.39 is 17.0 Å². The number of imide groups is 1. The standard InChI is InChI=1S/C35H53N5O13/c1-6-34(45)53-24(4)26-20-28(49-5)29(22-27(26)40(47)48)52-15-7-8-30(41)36-11-12-37-32(43)10-16-50-18-19-51-17-13-38-31(42)9-14-39-33(44)21-25(23(2)3)35(39)46/h20,22-25H,6-19,21H2,1-5H3,(H,36,41)(H,37,43)(H,38,42). The molecule has 0 saturated carbocycles. The largest absolute Gasteiger partial charge is 0.493 e. The molecule has 0 aromatic heterocycles. The zero-order chi connectivity index (χ0) is 39.3. The van der Waals surface area contributed by atoms with Gasteiger partial charge in [0.2, 0.25) is 29.5 Å². The minimum Gasteiger partial charge on any atom is -0.493 e. The van der Waals surface area contributed by atoms with Gasteiger partial charge in [-0.2, -0.15) is 0 Å². The van der Waals surface area contributed by atoms with Gasteiger partial charge in [-0.3, -0.25) is 43.8 Å². The third-order valence-electron chi connectivity index (χ3n) is 8.18. The summed E-state index contributed by atoms with van der Waals surface area (Å²) in [5, 5.41) is 19.7. The Kier molecular flexibility index (Phi) is 19.8. The van der Waals surface area contributed by atoms with E-state index in [4.69, 9.17) is 23.7 Å². The lowest BCUT2D eigenvalue weighted by molar-refractivity contribution is -0.386. The Morgan fingerprint density at radius 2 is 1.49 bits per heavy atom. The van der Waals surface area contributed by atoms with Crippen molar-refractivity contribution in [2.45, 2.75) is 72.3 Å². The molecule has 1 aromatic carbocycles. The van der Waals surface area contributed by atoms with Crippen LogP contribution in [-0.2, 0) is 43.0 Å². The van der Waals surface area contributed by atoms with Crippen molar-refractivity contribution in [1.82, 2.24) is 20.9 Å². The molecular weight excluding hydrogens is 698 g/mol. The van der Waals surface area contributed by atoms with Crippen molar-refractivity contribution in [2.75, 3.05) is 66.3 Å². The quantitative estimate of drug-likeness (QED) is 0.0405. The lowest BCUT2D eigenvalue weighted by Gasteiger charge is -2.17. The number of nitrogens with zero attached hydrogens (tertiary/aromatic N) is 2. The van der Waals surface area contributed by atoms with Crippen LogP contribution in [0, 0.1) is 22.0 Å². The van der Waals surface area contributed by atoms with Crippen molar-refractivity contribution < 1.29 is 57.4 Å². The van der Waals surface area contributed by atoms with Crippen LogP contribution in [0.3, 0.4) is 0 Å². The molecule has 0 spiro atoms. The maximum absolute atomic E-state index is 12.3. The molecule has 1 fully saturated rings. The summed E-state index contributed by atoms with van der Waals surface area (Å²) in [6.45, 7) is 8.71. The first-order valence-corrected chi connectivity index (χ1v) is 17.8. The van der Waals surface area contributed by atoms with Crippen LogP contribution in [0.5, 0.6) is 11.5 Å². The predicted molar refractivity (Wildman–Crippen MR) is 189 cm³/mol. The number of likely N-dealkylation sites (tertiary alicyclic amines) is 1. The summed E-state index contributed by atoms with van der Waals surface area (Å²) in [6, 6.07) is 2.60. The first kappa shape index (κ1) is 44.3. The maximum atomic E-state index is 12.3. The third-order valence-corrected chi connectivity index (χ3v) is 8.18. The van der Waals surface area contributed by atoms with Crippen molar-refractivity contribution in [3.05, 3.63) is 27.8 Å². The monoisotopic (exact) mass is 751 g/mol. The molecule has 1 aliphatic rings. The summed E-state index contributed by atoms with van der Waals surface area (Å²) < 4.78 is 27.0. The Hall–Kier alpha value is -4.84. The van der Waals surface area contributed by atoms with Gasteiger partial charge >= 0.3 is 5.97 Å². The van der Waals surface area contributed by atoms with E-state index in [1.165, 1.54) is 26.2 Å². The van der Waals surface area contributed by atoms with Gasteiger partial charge in [0.05, 0.1) is 56.7 Å². The minimum atomic E-state index is -0.875. The number of ether oxygens (including phenoxy) is 5. The van der Waals surface area contributed by atoms with Crippen LogP contribution >= 0.6 is 0 Å². The Bertz CT molecular complexity index is 1420. The van der Waals surface area contributed by atoms with E-state index in [0.29, 0.717) is 6.42 Å². The molecule has 18 nitrogen and oxygen atoms in total. The first-order chi connectivity index (χ1) is 25.3.